The predicted octanol–water partition coefficient (Wildman–Crippen LogP) is 1.50. The van der Waals surface area contributed by atoms with Gasteiger partial charge in [0.25, 0.3) is 0 Å². The zero-order valence-electron chi connectivity index (χ0n) is 8.53. The van der Waals surface area contributed by atoms with Gasteiger partial charge >= 0.3 is 6.09 Å². The molecule has 4 heteroatoms. The Kier molecular flexibility index (Phi) is 4.34. The summed E-state index contributed by atoms with van der Waals surface area (Å²) in [5.74, 6) is -0.105. The van der Waals surface area contributed by atoms with E-state index in [9.17, 15) is 9.59 Å². The van der Waals surface area contributed by atoms with E-state index in [0.29, 0.717) is 0 Å². The SMILES string of the molecule is CC(=O)CNC(=O)OCc1ccccc1. The largest absolute Gasteiger partial charge is 0.445 e. The first-order valence-corrected chi connectivity index (χ1v) is 4.62. The summed E-state index contributed by atoms with van der Waals surface area (Å²) >= 11 is 0. The first-order valence-electron chi connectivity index (χ1n) is 4.62. The molecule has 0 aromatic heterocycles. The number of carbonyl (C=O) groups is 2. The lowest BCUT2D eigenvalue weighted by Gasteiger charge is -2.05. The quantitative estimate of drug-likeness (QED) is 0.814. The highest BCUT2D eigenvalue weighted by Gasteiger charge is 2.02. The van der Waals surface area contributed by atoms with E-state index in [4.69, 9.17) is 4.74 Å². The minimum Gasteiger partial charge on any atom is -0.445 e. The second-order valence-electron chi connectivity index (χ2n) is 3.12. The Morgan fingerprint density at radius 3 is 2.53 bits per heavy atom. The molecule has 0 aliphatic rings. The molecule has 4 nitrogen and oxygen atoms in total. The minimum absolute atomic E-state index is 0.00756. The summed E-state index contributed by atoms with van der Waals surface area (Å²) in [6.07, 6.45) is -0.575. The van der Waals surface area contributed by atoms with Crippen LogP contribution in [0.5, 0.6) is 0 Å². The van der Waals surface area contributed by atoms with Gasteiger partial charge < -0.3 is 10.1 Å². The molecule has 0 heterocycles. The third-order valence-corrected chi connectivity index (χ3v) is 1.69. The average molecular weight is 207 g/mol. The van der Waals surface area contributed by atoms with Gasteiger partial charge in [0.15, 0.2) is 0 Å². The maximum Gasteiger partial charge on any atom is 0.407 e. The van der Waals surface area contributed by atoms with Gasteiger partial charge in [-0.3, -0.25) is 4.79 Å². The summed E-state index contributed by atoms with van der Waals surface area (Å²) in [5, 5.41) is 2.34. The third kappa shape index (κ3) is 4.81. The van der Waals surface area contributed by atoms with Crippen LogP contribution in [0.4, 0.5) is 4.79 Å². The molecule has 1 aromatic carbocycles. The lowest BCUT2D eigenvalue weighted by Crippen LogP contribution is -2.28. The normalized spacial score (nSPS) is 9.40. The summed E-state index contributed by atoms with van der Waals surface area (Å²) in [7, 11) is 0. The Hall–Kier alpha value is -1.84. The summed E-state index contributed by atoms with van der Waals surface area (Å²) in [4.78, 5) is 21.6. The second-order valence-corrected chi connectivity index (χ2v) is 3.12. The highest BCUT2D eigenvalue weighted by Crippen LogP contribution is 2.00. The highest BCUT2D eigenvalue weighted by atomic mass is 16.5. The van der Waals surface area contributed by atoms with E-state index in [-0.39, 0.29) is 18.9 Å². The van der Waals surface area contributed by atoms with Crippen LogP contribution in [0.2, 0.25) is 0 Å². The molecule has 1 amide bonds. The number of ketones is 1. The van der Waals surface area contributed by atoms with E-state index >= 15 is 0 Å². The zero-order chi connectivity index (χ0) is 11.1. The van der Waals surface area contributed by atoms with Crippen LogP contribution in [0.1, 0.15) is 12.5 Å². The molecule has 0 atom stereocenters. The van der Waals surface area contributed by atoms with Crippen LogP contribution in [-0.4, -0.2) is 18.4 Å². The van der Waals surface area contributed by atoms with Crippen LogP contribution < -0.4 is 5.32 Å². The molecule has 0 bridgehead atoms. The molecular weight excluding hydrogens is 194 g/mol. The Morgan fingerprint density at radius 1 is 1.27 bits per heavy atom. The Morgan fingerprint density at radius 2 is 1.93 bits per heavy atom. The molecule has 0 unspecified atom stereocenters. The zero-order valence-corrected chi connectivity index (χ0v) is 8.53. The smallest absolute Gasteiger partial charge is 0.407 e. The molecular formula is C11H13NO3. The lowest BCUT2D eigenvalue weighted by atomic mass is 10.2. The number of hydrogen-bond donors (Lipinski definition) is 1. The van der Waals surface area contributed by atoms with E-state index in [1.54, 1.807) is 0 Å². The van der Waals surface area contributed by atoms with E-state index in [1.165, 1.54) is 6.92 Å². The van der Waals surface area contributed by atoms with Gasteiger partial charge in [0.05, 0.1) is 6.54 Å². The Labute approximate surface area is 88.2 Å². The van der Waals surface area contributed by atoms with Gasteiger partial charge in [0.1, 0.15) is 12.4 Å². The fourth-order valence-electron chi connectivity index (χ4n) is 0.971. The van der Waals surface area contributed by atoms with Gasteiger partial charge in [0.2, 0.25) is 0 Å². The van der Waals surface area contributed by atoms with E-state index < -0.39 is 6.09 Å². The number of nitrogens with one attached hydrogen (secondary N) is 1. The number of amides is 1. The molecule has 0 aliphatic carbocycles. The fraction of sp³-hybridized carbons (Fsp3) is 0.273. The van der Waals surface area contributed by atoms with E-state index in [1.807, 2.05) is 30.3 Å². The van der Waals surface area contributed by atoms with Crippen molar-refractivity contribution in [2.24, 2.45) is 0 Å². The second kappa shape index (κ2) is 5.80. The van der Waals surface area contributed by atoms with Gasteiger partial charge in [-0.15, -0.1) is 0 Å². The number of ether oxygens (including phenoxy) is 1. The molecule has 0 fully saturated rings. The summed E-state index contributed by atoms with van der Waals surface area (Å²) < 4.78 is 4.88. The third-order valence-electron chi connectivity index (χ3n) is 1.69. The van der Waals surface area contributed by atoms with Gasteiger partial charge in [-0.25, -0.2) is 4.79 Å². The molecule has 15 heavy (non-hydrogen) atoms. The molecule has 1 N–H and O–H groups in total. The van der Waals surface area contributed by atoms with Gasteiger partial charge in [0, 0.05) is 0 Å². The summed E-state index contributed by atoms with van der Waals surface area (Å²) in [6.45, 7) is 1.62. The van der Waals surface area contributed by atoms with Crippen molar-refractivity contribution >= 4 is 11.9 Å². The van der Waals surface area contributed by atoms with Crippen LogP contribution in [0.3, 0.4) is 0 Å². The first kappa shape index (κ1) is 11.2. The monoisotopic (exact) mass is 207 g/mol. The minimum atomic E-state index is -0.575. The number of rotatable bonds is 4. The molecule has 0 spiro atoms. The maximum absolute atomic E-state index is 11.0. The van der Waals surface area contributed by atoms with Crippen molar-refractivity contribution in [3.63, 3.8) is 0 Å². The first-order chi connectivity index (χ1) is 7.18. The van der Waals surface area contributed by atoms with E-state index in [0.717, 1.165) is 5.56 Å². The van der Waals surface area contributed by atoms with Crippen molar-refractivity contribution < 1.29 is 14.3 Å². The topological polar surface area (TPSA) is 55.4 Å². The number of benzene rings is 1. The molecule has 1 aromatic rings. The predicted molar refractivity (Wildman–Crippen MR) is 55.3 cm³/mol. The number of Topliss-reactive ketones (excluding diaryl/α,β-unsaturated/α-hetero) is 1. The molecule has 0 saturated heterocycles. The Balaban J connectivity index is 2.26. The van der Waals surface area contributed by atoms with Crippen molar-refractivity contribution in [1.82, 2.24) is 5.32 Å². The summed E-state index contributed by atoms with van der Waals surface area (Å²) in [5.41, 5.74) is 0.912. The summed E-state index contributed by atoms with van der Waals surface area (Å²) in [6, 6.07) is 9.34. The van der Waals surface area contributed by atoms with Crippen molar-refractivity contribution in [2.45, 2.75) is 13.5 Å². The maximum atomic E-state index is 11.0. The number of carbonyl (C=O) groups excluding carboxylic acids is 2. The fourth-order valence-corrected chi connectivity index (χ4v) is 0.971. The Bertz CT molecular complexity index is 335. The molecule has 0 aliphatic heterocycles. The molecule has 0 radical (unpaired) electrons. The number of hydrogen-bond acceptors (Lipinski definition) is 3. The van der Waals surface area contributed by atoms with Crippen molar-refractivity contribution in [2.75, 3.05) is 6.54 Å². The van der Waals surface area contributed by atoms with Crippen LogP contribution in [0, 0.1) is 0 Å². The lowest BCUT2D eigenvalue weighted by molar-refractivity contribution is -0.116. The van der Waals surface area contributed by atoms with Crippen LogP contribution in [0.15, 0.2) is 30.3 Å². The van der Waals surface area contributed by atoms with Gasteiger partial charge in [-0.05, 0) is 12.5 Å². The molecule has 1 rings (SSSR count). The van der Waals surface area contributed by atoms with Crippen LogP contribution in [-0.2, 0) is 16.1 Å². The average Bonchev–Trinajstić information content (AvgIpc) is 2.25. The van der Waals surface area contributed by atoms with Gasteiger partial charge in [-0.1, -0.05) is 30.3 Å². The molecule has 80 valence electrons. The van der Waals surface area contributed by atoms with Crippen molar-refractivity contribution in [3.8, 4) is 0 Å². The number of alkyl carbamates (subject to hydrolysis) is 1. The van der Waals surface area contributed by atoms with Gasteiger partial charge in [-0.2, -0.15) is 0 Å². The van der Waals surface area contributed by atoms with Crippen LogP contribution >= 0.6 is 0 Å². The molecule has 0 saturated carbocycles. The van der Waals surface area contributed by atoms with Crippen LogP contribution in [0.25, 0.3) is 0 Å². The van der Waals surface area contributed by atoms with E-state index in [2.05, 4.69) is 5.32 Å². The standard InChI is InChI=1S/C11H13NO3/c1-9(13)7-12-11(14)15-8-10-5-3-2-4-6-10/h2-6H,7-8H2,1H3,(H,12,14). The highest BCUT2D eigenvalue weighted by molar-refractivity contribution is 5.81. The van der Waals surface area contributed by atoms with Crippen molar-refractivity contribution in [3.05, 3.63) is 35.9 Å². The van der Waals surface area contributed by atoms with Crippen molar-refractivity contribution in [1.29, 1.82) is 0 Å².